The van der Waals surface area contributed by atoms with Crippen LogP contribution in [-0.2, 0) is 17.8 Å². The van der Waals surface area contributed by atoms with Gasteiger partial charge in [0.15, 0.2) is 11.5 Å². The topological polar surface area (TPSA) is 75.1 Å². The fourth-order valence-electron chi connectivity index (χ4n) is 2.97. The highest BCUT2D eigenvalue weighted by Gasteiger charge is 2.13. The van der Waals surface area contributed by atoms with Crippen LogP contribution in [0, 0.1) is 6.92 Å². The molecule has 0 radical (unpaired) electrons. The zero-order valence-corrected chi connectivity index (χ0v) is 13.3. The summed E-state index contributed by atoms with van der Waals surface area (Å²) in [5, 5.41) is 12.2. The molecule has 0 atom stereocenters. The molecule has 0 saturated heterocycles. The zero-order chi connectivity index (χ0) is 16.5. The summed E-state index contributed by atoms with van der Waals surface area (Å²) >= 11 is 0. The van der Waals surface area contributed by atoms with Gasteiger partial charge in [0.1, 0.15) is 0 Å². The van der Waals surface area contributed by atoms with Gasteiger partial charge in [-0.15, -0.1) is 10.2 Å². The molecule has 4 rings (SSSR count). The molecular weight excluding hydrogens is 302 g/mol. The number of benzene rings is 1. The third-order valence-corrected chi connectivity index (χ3v) is 4.19. The van der Waals surface area contributed by atoms with Crippen molar-refractivity contribution in [3.05, 3.63) is 65.7 Å². The molecular formula is C18H17N5O. The number of aromatic amines is 1. The number of carbonyl (C=O) groups is 1. The number of para-hydroxylation sites is 1. The number of pyridine rings is 1. The Balaban J connectivity index is 1.49. The number of H-pyrrole nitrogens is 1. The summed E-state index contributed by atoms with van der Waals surface area (Å²) in [7, 11) is 0. The van der Waals surface area contributed by atoms with Gasteiger partial charge in [-0.05, 0) is 30.7 Å². The van der Waals surface area contributed by atoms with E-state index in [0.717, 1.165) is 33.6 Å². The third kappa shape index (κ3) is 2.52. The fourth-order valence-corrected chi connectivity index (χ4v) is 2.97. The molecule has 24 heavy (non-hydrogen) atoms. The lowest BCUT2D eigenvalue weighted by Gasteiger charge is -2.05. The molecule has 3 heterocycles. The lowest BCUT2D eigenvalue weighted by molar-refractivity contribution is -0.120. The van der Waals surface area contributed by atoms with Crippen molar-refractivity contribution in [2.45, 2.75) is 19.9 Å². The molecule has 6 nitrogen and oxygen atoms in total. The lowest BCUT2D eigenvalue weighted by atomic mass is 10.1. The number of amides is 1. The van der Waals surface area contributed by atoms with Gasteiger partial charge in [0.05, 0.1) is 13.0 Å². The largest absolute Gasteiger partial charge is 0.358 e. The summed E-state index contributed by atoms with van der Waals surface area (Å²) < 4.78 is 1.87. The van der Waals surface area contributed by atoms with E-state index in [1.165, 1.54) is 0 Å². The van der Waals surface area contributed by atoms with Crippen molar-refractivity contribution in [3.8, 4) is 0 Å². The number of nitrogens with zero attached hydrogens (tertiary/aromatic N) is 3. The maximum atomic E-state index is 12.4. The number of aromatic nitrogens is 4. The Bertz CT molecular complexity index is 1030. The Kier molecular flexibility index (Phi) is 3.49. The number of rotatable bonds is 4. The van der Waals surface area contributed by atoms with Crippen LogP contribution in [-0.4, -0.2) is 25.5 Å². The molecule has 3 aromatic heterocycles. The highest BCUT2D eigenvalue weighted by Crippen LogP contribution is 2.22. The summed E-state index contributed by atoms with van der Waals surface area (Å²) in [6.07, 6.45) is 2.23. The predicted molar refractivity (Wildman–Crippen MR) is 91.6 cm³/mol. The first-order valence-electron chi connectivity index (χ1n) is 7.84. The van der Waals surface area contributed by atoms with E-state index in [2.05, 4.69) is 20.5 Å². The molecule has 0 aliphatic carbocycles. The van der Waals surface area contributed by atoms with E-state index in [4.69, 9.17) is 0 Å². The molecule has 0 bridgehead atoms. The second-order valence-electron chi connectivity index (χ2n) is 5.77. The van der Waals surface area contributed by atoms with Gasteiger partial charge in [-0.3, -0.25) is 9.20 Å². The number of aryl methyl sites for hydroxylation is 1. The minimum atomic E-state index is -0.0319. The van der Waals surface area contributed by atoms with E-state index in [9.17, 15) is 4.79 Å². The molecule has 1 aromatic carbocycles. The smallest absolute Gasteiger partial charge is 0.224 e. The van der Waals surface area contributed by atoms with Crippen LogP contribution in [0.2, 0.25) is 0 Å². The maximum Gasteiger partial charge on any atom is 0.224 e. The summed E-state index contributed by atoms with van der Waals surface area (Å²) in [5.41, 5.74) is 3.89. The first-order chi connectivity index (χ1) is 11.7. The first kappa shape index (κ1) is 14.4. The first-order valence-corrected chi connectivity index (χ1v) is 7.84. The van der Waals surface area contributed by atoms with Gasteiger partial charge >= 0.3 is 0 Å². The van der Waals surface area contributed by atoms with E-state index in [0.29, 0.717) is 13.0 Å². The maximum absolute atomic E-state index is 12.4. The highest BCUT2D eigenvalue weighted by atomic mass is 16.1. The molecule has 6 heteroatoms. The lowest BCUT2D eigenvalue weighted by Crippen LogP contribution is -2.25. The van der Waals surface area contributed by atoms with E-state index in [1.54, 1.807) is 0 Å². The van der Waals surface area contributed by atoms with Crippen LogP contribution >= 0.6 is 0 Å². The highest BCUT2D eigenvalue weighted by molar-refractivity contribution is 5.90. The Labute approximate surface area is 138 Å². The van der Waals surface area contributed by atoms with Crippen molar-refractivity contribution in [1.29, 1.82) is 0 Å². The van der Waals surface area contributed by atoms with E-state index in [-0.39, 0.29) is 5.91 Å². The summed E-state index contributed by atoms with van der Waals surface area (Å²) in [4.78, 5) is 15.7. The van der Waals surface area contributed by atoms with Crippen LogP contribution in [0.25, 0.3) is 16.6 Å². The van der Waals surface area contributed by atoms with Gasteiger partial charge < -0.3 is 10.3 Å². The Morgan fingerprint density at radius 2 is 2.00 bits per heavy atom. The average molecular weight is 319 g/mol. The van der Waals surface area contributed by atoms with E-state index >= 15 is 0 Å². The Morgan fingerprint density at radius 3 is 2.92 bits per heavy atom. The fraction of sp³-hybridized carbons (Fsp3) is 0.167. The summed E-state index contributed by atoms with van der Waals surface area (Å²) in [6, 6.07) is 13.7. The molecule has 1 amide bonds. The summed E-state index contributed by atoms with van der Waals surface area (Å²) in [6.45, 7) is 2.35. The van der Waals surface area contributed by atoms with Crippen LogP contribution in [0.4, 0.5) is 0 Å². The quantitative estimate of drug-likeness (QED) is 0.606. The van der Waals surface area contributed by atoms with Crippen molar-refractivity contribution >= 4 is 22.5 Å². The van der Waals surface area contributed by atoms with Gasteiger partial charge in [-0.2, -0.15) is 0 Å². The van der Waals surface area contributed by atoms with Crippen LogP contribution in [0.15, 0.2) is 48.7 Å². The molecule has 0 aliphatic rings. The van der Waals surface area contributed by atoms with Crippen molar-refractivity contribution in [2.75, 3.05) is 0 Å². The molecule has 0 unspecified atom stereocenters. The molecule has 120 valence electrons. The van der Waals surface area contributed by atoms with Crippen LogP contribution in [0.3, 0.4) is 0 Å². The second-order valence-corrected chi connectivity index (χ2v) is 5.77. The predicted octanol–water partition coefficient (Wildman–Crippen LogP) is 2.38. The van der Waals surface area contributed by atoms with Gasteiger partial charge in [0.2, 0.25) is 5.91 Å². The Morgan fingerprint density at radius 1 is 1.17 bits per heavy atom. The standard InChI is InChI=1S/C18H17N5O/c1-12-14(13-6-2-3-7-15(13)20-12)10-18(24)19-11-17-22-21-16-8-4-5-9-23(16)17/h2-9,20H,10-11H2,1H3,(H,19,24). The molecule has 0 spiro atoms. The minimum absolute atomic E-state index is 0.0319. The molecule has 0 saturated carbocycles. The number of nitrogens with one attached hydrogen (secondary N) is 2. The Hall–Kier alpha value is -3.15. The van der Waals surface area contributed by atoms with E-state index in [1.807, 2.05) is 60.0 Å². The van der Waals surface area contributed by atoms with Crippen molar-refractivity contribution in [2.24, 2.45) is 0 Å². The molecule has 2 N–H and O–H groups in total. The normalized spacial score (nSPS) is 11.2. The van der Waals surface area contributed by atoms with Gasteiger partial charge in [-0.25, -0.2) is 0 Å². The second kappa shape index (κ2) is 5.81. The zero-order valence-electron chi connectivity index (χ0n) is 13.3. The summed E-state index contributed by atoms with van der Waals surface area (Å²) in [5.74, 6) is 0.685. The average Bonchev–Trinajstić information content (AvgIpc) is 3.15. The minimum Gasteiger partial charge on any atom is -0.358 e. The third-order valence-electron chi connectivity index (χ3n) is 4.19. The molecule has 4 aromatic rings. The SMILES string of the molecule is Cc1[nH]c2ccccc2c1CC(=O)NCc1nnc2ccccn12. The number of carbonyl (C=O) groups excluding carboxylic acids is 1. The van der Waals surface area contributed by atoms with Gasteiger partial charge in [0.25, 0.3) is 0 Å². The van der Waals surface area contributed by atoms with E-state index < -0.39 is 0 Å². The monoisotopic (exact) mass is 319 g/mol. The van der Waals surface area contributed by atoms with Gasteiger partial charge in [0, 0.05) is 22.8 Å². The van der Waals surface area contributed by atoms with Crippen LogP contribution < -0.4 is 5.32 Å². The van der Waals surface area contributed by atoms with Crippen LogP contribution in [0.5, 0.6) is 0 Å². The number of hydrogen-bond donors (Lipinski definition) is 2. The van der Waals surface area contributed by atoms with Crippen molar-refractivity contribution in [1.82, 2.24) is 24.9 Å². The number of fused-ring (bicyclic) bond motifs is 2. The molecule has 0 fully saturated rings. The number of hydrogen-bond acceptors (Lipinski definition) is 3. The van der Waals surface area contributed by atoms with Crippen molar-refractivity contribution < 1.29 is 4.79 Å². The van der Waals surface area contributed by atoms with Crippen LogP contribution in [0.1, 0.15) is 17.1 Å². The van der Waals surface area contributed by atoms with Crippen molar-refractivity contribution in [3.63, 3.8) is 0 Å². The van der Waals surface area contributed by atoms with Gasteiger partial charge in [-0.1, -0.05) is 24.3 Å². The molecule has 0 aliphatic heterocycles.